The van der Waals surface area contributed by atoms with E-state index in [1.807, 2.05) is 19.1 Å². The average molecular weight is 254 g/mol. The van der Waals surface area contributed by atoms with Gasteiger partial charge in [-0.15, -0.1) is 0 Å². The minimum absolute atomic E-state index is 0.0698. The van der Waals surface area contributed by atoms with E-state index in [1.54, 1.807) is 0 Å². The molecular formula is C14H20ClNO. The van der Waals surface area contributed by atoms with Crippen molar-refractivity contribution in [3.05, 3.63) is 28.3 Å². The molecule has 0 bridgehead atoms. The van der Waals surface area contributed by atoms with Gasteiger partial charge in [0.1, 0.15) is 5.75 Å². The molecule has 1 aromatic rings. The van der Waals surface area contributed by atoms with E-state index in [4.69, 9.17) is 17.3 Å². The maximum atomic E-state index is 9.72. The molecule has 3 N–H and O–H groups in total. The van der Waals surface area contributed by atoms with Crippen molar-refractivity contribution in [1.82, 2.24) is 0 Å². The number of halogens is 1. The third-order valence-corrected chi connectivity index (χ3v) is 4.36. The molecular weight excluding hydrogens is 234 g/mol. The molecule has 1 saturated carbocycles. The Bertz CT molecular complexity index is 388. The maximum Gasteiger partial charge on any atom is 0.137 e. The Hall–Kier alpha value is -0.730. The number of nitrogens with two attached hydrogens (primary N) is 1. The summed E-state index contributed by atoms with van der Waals surface area (Å²) in [6.45, 7) is 2.55. The van der Waals surface area contributed by atoms with Crippen LogP contribution in [0.3, 0.4) is 0 Å². The van der Waals surface area contributed by atoms with Gasteiger partial charge in [-0.3, -0.25) is 0 Å². The highest BCUT2D eigenvalue weighted by atomic mass is 35.5. The Morgan fingerprint density at radius 1 is 1.29 bits per heavy atom. The Kier molecular flexibility index (Phi) is 3.64. The summed E-state index contributed by atoms with van der Waals surface area (Å²) >= 11 is 6.07. The Labute approximate surface area is 108 Å². The quantitative estimate of drug-likeness (QED) is 0.847. The molecule has 17 heavy (non-hydrogen) atoms. The zero-order valence-electron chi connectivity index (χ0n) is 10.3. The van der Waals surface area contributed by atoms with Crippen LogP contribution in [0, 0.1) is 6.92 Å². The molecule has 94 valence electrons. The first-order valence-electron chi connectivity index (χ1n) is 6.29. The molecule has 0 saturated heterocycles. The zero-order chi connectivity index (χ0) is 12.5. The van der Waals surface area contributed by atoms with Crippen LogP contribution in [-0.2, 0) is 5.41 Å². The van der Waals surface area contributed by atoms with Crippen molar-refractivity contribution in [2.45, 2.75) is 44.4 Å². The molecule has 0 spiro atoms. The number of phenolic OH excluding ortho intramolecular Hbond substituents is 1. The lowest BCUT2D eigenvalue weighted by Crippen LogP contribution is -2.37. The van der Waals surface area contributed by atoms with Crippen LogP contribution in [0.4, 0.5) is 0 Å². The molecule has 2 nitrogen and oxygen atoms in total. The molecule has 1 fully saturated rings. The molecule has 0 aliphatic heterocycles. The normalized spacial score (nSPS) is 19.2. The van der Waals surface area contributed by atoms with Crippen LogP contribution in [0.15, 0.2) is 12.1 Å². The van der Waals surface area contributed by atoms with Crippen LogP contribution >= 0.6 is 11.6 Å². The van der Waals surface area contributed by atoms with E-state index in [0.29, 0.717) is 11.6 Å². The van der Waals surface area contributed by atoms with E-state index >= 15 is 0 Å². The second-order valence-electron chi connectivity index (χ2n) is 5.17. The molecule has 0 unspecified atom stereocenters. The standard InChI is InChI=1S/C14H20ClNO/c1-10-7-11(8-12(15)13(10)17)14(9-16)5-3-2-4-6-14/h7-8,17H,2-6,9,16H2,1H3. The highest BCUT2D eigenvalue weighted by Gasteiger charge is 2.33. The number of phenols is 1. The summed E-state index contributed by atoms with van der Waals surface area (Å²) < 4.78 is 0. The minimum atomic E-state index is 0.0698. The van der Waals surface area contributed by atoms with Crippen molar-refractivity contribution in [2.24, 2.45) is 5.73 Å². The van der Waals surface area contributed by atoms with Crippen molar-refractivity contribution >= 4 is 11.6 Å². The van der Waals surface area contributed by atoms with E-state index < -0.39 is 0 Å². The first-order chi connectivity index (χ1) is 8.09. The monoisotopic (exact) mass is 253 g/mol. The first-order valence-corrected chi connectivity index (χ1v) is 6.66. The summed E-state index contributed by atoms with van der Waals surface area (Å²) in [7, 11) is 0. The van der Waals surface area contributed by atoms with Gasteiger partial charge in [-0.05, 0) is 37.0 Å². The zero-order valence-corrected chi connectivity index (χ0v) is 11.1. The summed E-state index contributed by atoms with van der Waals surface area (Å²) in [6, 6.07) is 3.93. The van der Waals surface area contributed by atoms with E-state index in [0.717, 1.165) is 18.4 Å². The molecule has 2 rings (SSSR count). The average Bonchev–Trinajstić information content (AvgIpc) is 2.36. The number of hydrogen-bond acceptors (Lipinski definition) is 2. The fraction of sp³-hybridized carbons (Fsp3) is 0.571. The molecule has 0 atom stereocenters. The van der Waals surface area contributed by atoms with Crippen molar-refractivity contribution in [2.75, 3.05) is 6.54 Å². The fourth-order valence-electron chi connectivity index (χ4n) is 2.88. The summed E-state index contributed by atoms with van der Waals surface area (Å²) in [4.78, 5) is 0. The topological polar surface area (TPSA) is 46.2 Å². The molecule has 3 heteroatoms. The smallest absolute Gasteiger partial charge is 0.137 e. The van der Waals surface area contributed by atoms with Crippen LogP contribution in [0.25, 0.3) is 0 Å². The van der Waals surface area contributed by atoms with E-state index in [1.165, 1.54) is 24.8 Å². The molecule has 0 radical (unpaired) electrons. The number of aromatic hydroxyl groups is 1. The highest BCUT2D eigenvalue weighted by Crippen LogP contribution is 2.41. The fourth-order valence-corrected chi connectivity index (χ4v) is 3.15. The number of aryl methyl sites for hydroxylation is 1. The highest BCUT2D eigenvalue weighted by molar-refractivity contribution is 6.32. The van der Waals surface area contributed by atoms with Crippen molar-refractivity contribution in [3.63, 3.8) is 0 Å². The molecule has 1 aromatic carbocycles. The van der Waals surface area contributed by atoms with Gasteiger partial charge in [0.2, 0.25) is 0 Å². The lowest BCUT2D eigenvalue weighted by molar-refractivity contribution is 0.300. The Morgan fingerprint density at radius 3 is 2.47 bits per heavy atom. The van der Waals surface area contributed by atoms with Crippen LogP contribution in [-0.4, -0.2) is 11.7 Å². The predicted octanol–water partition coefficient (Wildman–Crippen LogP) is 3.51. The van der Waals surface area contributed by atoms with Gasteiger partial charge in [-0.1, -0.05) is 36.9 Å². The Balaban J connectivity index is 2.43. The van der Waals surface area contributed by atoms with Gasteiger partial charge >= 0.3 is 0 Å². The maximum absolute atomic E-state index is 9.72. The molecule has 1 aliphatic carbocycles. The van der Waals surface area contributed by atoms with Crippen molar-refractivity contribution < 1.29 is 5.11 Å². The van der Waals surface area contributed by atoms with E-state index in [9.17, 15) is 5.11 Å². The summed E-state index contributed by atoms with van der Waals surface area (Å²) in [5.41, 5.74) is 8.11. The van der Waals surface area contributed by atoms with Gasteiger partial charge in [-0.2, -0.15) is 0 Å². The third-order valence-electron chi connectivity index (χ3n) is 4.07. The molecule has 0 heterocycles. The third kappa shape index (κ3) is 2.29. The lowest BCUT2D eigenvalue weighted by Gasteiger charge is -2.37. The summed E-state index contributed by atoms with van der Waals surface area (Å²) in [5, 5.41) is 10.2. The van der Waals surface area contributed by atoms with Crippen molar-refractivity contribution in [1.29, 1.82) is 0 Å². The van der Waals surface area contributed by atoms with Gasteiger partial charge in [0.05, 0.1) is 5.02 Å². The SMILES string of the molecule is Cc1cc(C2(CN)CCCCC2)cc(Cl)c1O. The summed E-state index contributed by atoms with van der Waals surface area (Å²) in [6.07, 6.45) is 6.02. The van der Waals surface area contributed by atoms with Gasteiger partial charge < -0.3 is 10.8 Å². The van der Waals surface area contributed by atoms with Gasteiger partial charge in [0.15, 0.2) is 0 Å². The number of hydrogen-bond donors (Lipinski definition) is 2. The van der Waals surface area contributed by atoms with Gasteiger partial charge in [-0.25, -0.2) is 0 Å². The second kappa shape index (κ2) is 4.87. The van der Waals surface area contributed by atoms with E-state index in [-0.39, 0.29) is 11.2 Å². The van der Waals surface area contributed by atoms with Crippen LogP contribution < -0.4 is 5.73 Å². The number of benzene rings is 1. The van der Waals surface area contributed by atoms with E-state index in [2.05, 4.69) is 0 Å². The molecule has 0 amide bonds. The minimum Gasteiger partial charge on any atom is -0.506 e. The van der Waals surface area contributed by atoms with Crippen LogP contribution in [0.2, 0.25) is 5.02 Å². The van der Waals surface area contributed by atoms with Gasteiger partial charge in [0, 0.05) is 12.0 Å². The predicted molar refractivity (Wildman–Crippen MR) is 71.7 cm³/mol. The van der Waals surface area contributed by atoms with Gasteiger partial charge in [0.25, 0.3) is 0 Å². The Morgan fingerprint density at radius 2 is 1.94 bits per heavy atom. The van der Waals surface area contributed by atoms with Crippen LogP contribution in [0.5, 0.6) is 5.75 Å². The van der Waals surface area contributed by atoms with Crippen LogP contribution in [0.1, 0.15) is 43.2 Å². The second-order valence-corrected chi connectivity index (χ2v) is 5.58. The van der Waals surface area contributed by atoms with Crippen molar-refractivity contribution in [3.8, 4) is 5.75 Å². The summed E-state index contributed by atoms with van der Waals surface area (Å²) in [5.74, 6) is 0.193. The molecule has 1 aliphatic rings. The first kappa shape index (κ1) is 12.7. The number of rotatable bonds is 2. The largest absolute Gasteiger partial charge is 0.506 e. The lowest BCUT2D eigenvalue weighted by atomic mass is 9.69. The molecule has 0 aromatic heterocycles.